The number of rotatable bonds is 6. The quantitative estimate of drug-likeness (QED) is 0.674. The molecule has 2 aromatic carbocycles. The van der Waals surface area contributed by atoms with Gasteiger partial charge in [-0.3, -0.25) is 0 Å². The molecule has 0 saturated carbocycles. The van der Waals surface area contributed by atoms with Crippen molar-refractivity contribution >= 4 is 19.9 Å². The SMILES string of the molecule is CCOc1ccc(S(=O)(=O)N2C3CCC2CC(S(=O)(=O)c2ccccc2)C3)cc1C. The number of sulfone groups is 1. The Morgan fingerprint density at radius 1 is 0.933 bits per heavy atom. The lowest BCUT2D eigenvalue weighted by atomic mass is 10.1. The third-order valence-electron chi connectivity index (χ3n) is 6.16. The minimum Gasteiger partial charge on any atom is -0.494 e. The summed E-state index contributed by atoms with van der Waals surface area (Å²) < 4.78 is 60.1. The molecule has 2 saturated heterocycles. The van der Waals surface area contributed by atoms with Crippen molar-refractivity contribution in [2.45, 2.75) is 66.7 Å². The smallest absolute Gasteiger partial charge is 0.243 e. The highest BCUT2D eigenvalue weighted by Gasteiger charge is 2.50. The number of aryl methyl sites for hydroxylation is 1. The van der Waals surface area contributed by atoms with Crippen LogP contribution < -0.4 is 4.74 Å². The monoisotopic (exact) mass is 449 g/mol. The van der Waals surface area contributed by atoms with Crippen molar-refractivity contribution in [2.24, 2.45) is 0 Å². The molecular weight excluding hydrogens is 422 g/mol. The number of ether oxygens (including phenoxy) is 1. The number of nitrogens with zero attached hydrogens (tertiary/aromatic N) is 1. The van der Waals surface area contributed by atoms with Crippen molar-refractivity contribution < 1.29 is 21.6 Å². The Kier molecular flexibility index (Phi) is 5.67. The van der Waals surface area contributed by atoms with Crippen molar-refractivity contribution in [3.8, 4) is 5.75 Å². The van der Waals surface area contributed by atoms with Crippen molar-refractivity contribution in [3.63, 3.8) is 0 Å². The van der Waals surface area contributed by atoms with Gasteiger partial charge in [-0.15, -0.1) is 0 Å². The molecule has 0 amide bonds. The molecule has 6 nitrogen and oxygen atoms in total. The van der Waals surface area contributed by atoms with Gasteiger partial charge in [0.05, 0.1) is 21.6 Å². The molecule has 2 aliphatic rings. The second kappa shape index (κ2) is 7.98. The lowest BCUT2D eigenvalue weighted by Gasteiger charge is -2.37. The molecule has 2 atom stereocenters. The zero-order valence-corrected chi connectivity index (χ0v) is 18.8. The average molecular weight is 450 g/mol. The van der Waals surface area contributed by atoms with E-state index in [4.69, 9.17) is 4.74 Å². The molecule has 2 heterocycles. The van der Waals surface area contributed by atoms with Crippen LogP contribution in [0.1, 0.15) is 38.2 Å². The third kappa shape index (κ3) is 3.65. The Morgan fingerprint density at radius 3 is 2.13 bits per heavy atom. The largest absolute Gasteiger partial charge is 0.494 e. The molecule has 0 spiro atoms. The molecule has 2 fully saturated rings. The Balaban J connectivity index is 1.60. The predicted molar refractivity (Wildman–Crippen MR) is 115 cm³/mol. The summed E-state index contributed by atoms with van der Waals surface area (Å²) in [5.41, 5.74) is 0.770. The second-order valence-corrected chi connectivity index (χ2v) is 12.1. The van der Waals surface area contributed by atoms with E-state index in [-0.39, 0.29) is 17.0 Å². The summed E-state index contributed by atoms with van der Waals surface area (Å²) in [6, 6.07) is 12.8. The zero-order valence-electron chi connectivity index (χ0n) is 17.2. The van der Waals surface area contributed by atoms with Crippen LogP contribution in [0.15, 0.2) is 58.3 Å². The number of hydrogen-bond donors (Lipinski definition) is 0. The zero-order chi connectivity index (χ0) is 21.5. The number of sulfonamides is 1. The first kappa shape index (κ1) is 21.3. The van der Waals surface area contributed by atoms with Crippen LogP contribution in [0, 0.1) is 6.92 Å². The Morgan fingerprint density at radius 2 is 1.57 bits per heavy atom. The Hall–Kier alpha value is -1.90. The molecule has 2 unspecified atom stereocenters. The first-order valence-electron chi connectivity index (χ1n) is 10.3. The van der Waals surface area contributed by atoms with Crippen molar-refractivity contribution in [3.05, 3.63) is 54.1 Å². The van der Waals surface area contributed by atoms with Crippen LogP contribution in [0.3, 0.4) is 0 Å². The van der Waals surface area contributed by atoms with Gasteiger partial charge in [0, 0.05) is 12.1 Å². The minimum atomic E-state index is -3.70. The Labute approximate surface area is 178 Å². The van der Waals surface area contributed by atoms with Crippen LogP contribution in [0.2, 0.25) is 0 Å². The van der Waals surface area contributed by atoms with E-state index in [2.05, 4.69) is 0 Å². The summed E-state index contributed by atoms with van der Waals surface area (Å²) in [5.74, 6) is 0.673. The van der Waals surface area contributed by atoms with Gasteiger partial charge in [-0.2, -0.15) is 4.31 Å². The third-order valence-corrected chi connectivity index (χ3v) is 10.3. The highest BCUT2D eigenvalue weighted by atomic mass is 32.2. The first-order chi connectivity index (χ1) is 14.2. The summed E-state index contributed by atoms with van der Waals surface area (Å²) in [6.07, 6.45) is 2.06. The maximum absolute atomic E-state index is 13.4. The van der Waals surface area contributed by atoms with Crippen LogP contribution in [0.5, 0.6) is 5.75 Å². The lowest BCUT2D eigenvalue weighted by molar-refractivity contribution is 0.249. The van der Waals surface area contributed by atoms with E-state index < -0.39 is 25.1 Å². The standard InChI is InChI=1S/C22H27NO5S2/c1-3-28-22-12-11-20(13-16(22)2)30(26,27)23-17-9-10-18(23)15-21(14-17)29(24,25)19-7-5-4-6-8-19/h4-8,11-13,17-18,21H,3,9-10,14-15H2,1-2H3. The van der Waals surface area contributed by atoms with E-state index in [1.54, 1.807) is 52.8 Å². The summed E-state index contributed by atoms with van der Waals surface area (Å²) in [4.78, 5) is 0.553. The van der Waals surface area contributed by atoms with E-state index in [0.717, 1.165) is 5.56 Å². The molecule has 30 heavy (non-hydrogen) atoms. The molecule has 2 aliphatic heterocycles. The molecule has 0 N–H and O–H groups in total. The lowest BCUT2D eigenvalue weighted by Crippen LogP contribution is -2.49. The molecule has 8 heteroatoms. The Bertz CT molecular complexity index is 1120. The van der Waals surface area contributed by atoms with Gasteiger partial charge in [-0.25, -0.2) is 16.8 Å². The molecular formula is C22H27NO5S2. The highest BCUT2D eigenvalue weighted by molar-refractivity contribution is 7.92. The number of piperidine rings is 1. The van der Waals surface area contributed by atoms with Gasteiger partial charge in [0.15, 0.2) is 9.84 Å². The predicted octanol–water partition coefficient (Wildman–Crippen LogP) is 3.55. The molecule has 2 bridgehead atoms. The molecule has 4 rings (SSSR count). The van der Waals surface area contributed by atoms with Crippen LogP contribution in [0.4, 0.5) is 0 Å². The van der Waals surface area contributed by atoms with E-state index >= 15 is 0 Å². The van der Waals surface area contributed by atoms with Crippen LogP contribution in [0.25, 0.3) is 0 Å². The second-order valence-electron chi connectivity index (χ2n) is 8.03. The van der Waals surface area contributed by atoms with Crippen molar-refractivity contribution in [1.82, 2.24) is 4.31 Å². The first-order valence-corrected chi connectivity index (χ1v) is 13.3. The maximum Gasteiger partial charge on any atom is 0.243 e. The topological polar surface area (TPSA) is 80.8 Å². The van der Waals surface area contributed by atoms with Gasteiger partial charge >= 0.3 is 0 Å². The van der Waals surface area contributed by atoms with Gasteiger partial charge in [-0.05, 0) is 75.4 Å². The van der Waals surface area contributed by atoms with Crippen molar-refractivity contribution in [2.75, 3.05) is 6.61 Å². The number of fused-ring (bicyclic) bond motifs is 2. The van der Waals surface area contributed by atoms with Gasteiger partial charge < -0.3 is 4.74 Å². The van der Waals surface area contributed by atoms with Crippen LogP contribution in [-0.2, 0) is 19.9 Å². The van der Waals surface area contributed by atoms with E-state index in [9.17, 15) is 16.8 Å². The number of benzene rings is 2. The molecule has 0 aliphatic carbocycles. The van der Waals surface area contributed by atoms with Gasteiger partial charge in [0.2, 0.25) is 10.0 Å². The minimum absolute atomic E-state index is 0.240. The summed E-state index contributed by atoms with van der Waals surface area (Å²) in [5, 5.41) is -0.550. The summed E-state index contributed by atoms with van der Waals surface area (Å²) in [7, 11) is -7.18. The summed E-state index contributed by atoms with van der Waals surface area (Å²) in [6.45, 7) is 4.23. The van der Waals surface area contributed by atoms with E-state index in [0.29, 0.717) is 42.9 Å². The van der Waals surface area contributed by atoms with Crippen molar-refractivity contribution in [1.29, 1.82) is 0 Å². The van der Waals surface area contributed by atoms with Crippen LogP contribution >= 0.6 is 0 Å². The van der Waals surface area contributed by atoms with Gasteiger partial charge in [0.25, 0.3) is 0 Å². The van der Waals surface area contributed by atoms with E-state index in [1.807, 2.05) is 13.8 Å². The molecule has 0 aromatic heterocycles. The highest BCUT2D eigenvalue weighted by Crippen LogP contribution is 2.43. The fourth-order valence-electron chi connectivity index (χ4n) is 4.75. The molecule has 2 aromatic rings. The summed E-state index contributed by atoms with van der Waals surface area (Å²) >= 11 is 0. The molecule has 162 valence electrons. The normalized spacial score (nSPS) is 24.7. The van der Waals surface area contributed by atoms with Gasteiger partial charge in [-0.1, -0.05) is 18.2 Å². The number of hydrogen-bond acceptors (Lipinski definition) is 5. The van der Waals surface area contributed by atoms with Crippen LogP contribution in [-0.4, -0.2) is 45.1 Å². The van der Waals surface area contributed by atoms with E-state index in [1.165, 1.54) is 0 Å². The van der Waals surface area contributed by atoms with Gasteiger partial charge in [0.1, 0.15) is 5.75 Å². The fraction of sp³-hybridized carbons (Fsp3) is 0.455. The molecule has 0 radical (unpaired) electrons. The fourth-order valence-corrected chi connectivity index (χ4v) is 8.60. The average Bonchev–Trinajstić information content (AvgIpc) is 3.01. The maximum atomic E-state index is 13.4.